The standard InChI is InChI=1S/C22H23N5O3/c1-2-14-27(30)21(28)19-20(25-18(24-19)15-17-10-6-7-12-23-17)26(22(27)29)13-11-16-8-4-3-5-9-16/h3-10,12H,2,11,13-15H2,1H3,(H,24,25). The number of benzene rings is 1. The largest absolute Gasteiger partial charge is 0.616 e. The number of nitrogens with one attached hydrogen (secondary N) is 1. The van der Waals surface area contributed by atoms with E-state index in [0.717, 1.165) is 11.3 Å². The third-order valence-corrected chi connectivity index (χ3v) is 5.15. The van der Waals surface area contributed by atoms with E-state index in [2.05, 4.69) is 15.0 Å². The Kier molecular flexibility index (Phi) is 5.43. The van der Waals surface area contributed by atoms with Crippen LogP contribution in [0.15, 0.2) is 54.7 Å². The first-order valence-corrected chi connectivity index (χ1v) is 10.0. The van der Waals surface area contributed by atoms with E-state index in [4.69, 9.17) is 0 Å². The van der Waals surface area contributed by atoms with Crippen LogP contribution < -0.4 is 4.90 Å². The molecule has 0 bridgehead atoms. The smallest absolute Gasteiger partial charge is 0.432 e. The van der Waals surface area contributed by atoms with Crippen molar-refractivity contribution in [3.8, 4) is 0 Å². The lowest BCUT2D eigenvalue weighted by atomic mass is 10.1. The molecule has 0 aliphatic carbocycles. The summed E-state index contributed by atoms with van der Waals surface area (Å²) in [5, 5.41) is 13.3. The number of H-pyrrole nitrogens is 1. The first-order chi connectivity index (χ1) is 14.5. The van der Waals surface area contributed by atoms with Gasteiger partial charge in [-0.3, -0.25) is 4.98 Å². The van der Waals surface area contributed by atoms with Crippen molar-refractivity contribution in [2.45, 2.75) is 26.2 Å². The summed E-state index contributed by atoms with van der Waals surface area (Å²) in [5.74, 6) is -0.0605. The first-order valence-electron chi connectivity index (χ1n) is 10.0. The molecule has 1 N–H and O–H groups in total. The van der Waals surface area contributed by atoms with E-state index in [1.807, 2.05) is 48.5 Å². The maximum Gasteiger partial charge on any atom is 0.432 e. The second kappa shape index (κ2) is 8.17. The Bertz CT molecular complexity index is 1050. The quantitative estimate of drug-likeness (QED) is 0.479. The number of imidazole rings is 1. The number of imide groups is 1. The molecule has 1 unspecified atom stereocenters. The number of carbonyl (C=O) groups is 2. The van der Waals surface area contributed by atoms with Crippen molar-refractivity contribution < 1.29 is 14.2 Å². The van der Waals surface area contributed by atoms with Gasteiger partial charge in [-0.15, -0.1) is 0 Å². The zero-order chi connectivity index (χ0) is 21.1. The molecule has 4 rings (SSSR count). The third kappa shape index (κ3) is 3.62. The Morgan fingerprint density at radius 1 is 1.10 bits per heavy atom. The molecule has 3 amide bonds. The normalized spacial score (nSPS) is 18.5. The minimum absolute atomic E-state index is 0.0945. The van der Waals surface area contributed by atoms with E-state index in [0.29, 0.717) is 25.1 Å². The molecule has 8 nitrogen and oxygen atoms in total. The number of nitrogens with zero attached hydrogens (tertiary/aromatic N) is 4. The molecule has 0 saturated carbocycles. The van der Waals surface area contributed by atoms with E-state index in [-0.39, 0.29) is 24.6 Å². The molecule has 0 saturated heterocycles. The summed E-state index contributed by atoms with van der Waals surface area (Å²) >= 11 is 0. The van der Waals surface area contributed by atoms with Gasteiger partial charge in [0.25, 0.3) is 0 Å². The fourth-order valence-corrected chi connectivity index (χ4v) is 3.67. The molecule has 1 atom stereocenters. The second-order valence-corrected chi connectivity index (χ2v) is 7.32. The highest BCUT2D eigenvalue weighted by atomic mass is 16.6. The van der Waals surface area contributed by atoms with Gasteiger partial charge in [0.1, 0.15) is 5.82 Å². The average molecular weight is 405 g/mol. The van der Waals surface area contributed by atoms with Crippen LogP contribution in [0, 0.1) is 5.21 Å². The summed E-state index contributed by atoms with van der Waals surface area (Å²) in [5.41, 5.74) is 1.90. The predicted octanol–water partition coefficient (Wildman–Crippen LogP) is 3.44. The molecule has 0 radical (unpaired) electrons. The van der Waals surface area contributed by atoms with Crippen LogP contribution in [0.2, 0.25) is 0 Å². The lowest BCUT2D eigenvalue weighted by molar-refractivity contribution is -0.712. The number of rotatable bonds is 7. The van der Waals surface area contributed by atoms with E-state index in [1.165, 1.54) is 4.90 Å². The fourth-order valence-electron chi connectivity index (χ4n) is 3.67. The summed E-state index contributed by atoms with van der Waals surface area (Å²) in [7, 11) is 0. The van der Waals surface area contributed by atoms with E-state index < -0.39 is 16.6 Å². The first kappa shape index (κ1) is 19.9. The summed E-state index contributed by atoms with van der Waals surface area (Å²) in [4.78, 5) is 39.2. The van der Waals surface area contributed by atoms with Gasteiger partial charge in [-0.2, -0.15) is 0 Å². The monoisotopic (exact) mass is 405 g/mol. The second-order valence-electron chi connectivity index (χ2n) is 7.32. The van der Waals surface area contributed by atoms with Crippen LogP contribution in [0.4, 0.5) is 10.6 Å². The predicted molar refractivity (Wildman–Crippen MR) is 112 cm³/mol. The highest BCUT2D eigenvalue weighted by molar-refractivity contribution is 6.08. The van der Waals surface area contributed by atoms with Gasteiger partial charge in [0.15, 0.2) is 11.5 Å². The van der Waals surface area contributed by atoms with Crippen LogP contribution in [0.25, 0.3) is 0 Å². The van der Waals surface area contributed by atoms with E-state index >= 15 is 0 Å². The van der Waals surface area contributed by atoms with Crippen molar-refractivity contribution in [1.82, 2.24) is 15.0 Å². The molecule has 154 valence electrons. The number of pyridine rings is 1. The molecule has 0 fully saturated rings. The zero-order valence-electron chi connectivity index (χ0n) is 16.7. The Hall–Kier alpha value is -3.36. The lowest BCUT2D eigenvalue weighted by Crippen LogP contribution is -2.62. The van der Waals surface area contributed by atoms with Crippen LogP contribution >= 0.6 is 0 Å². The van der Waals surface area contributed by atoms with Gasteiger partial charge in [-0.05, 0) is 30.5 Å². The molecular formula is C22H23N5O3. The topological polar surface area (TPSA) is 102 Å². The Morgan fingerprint density at radius 3 is 2.57 bits per heavy atom. The molecule has 30 heavy (non-hydrogen) atoms. The highest BCUT2D eigenvalue weighted by Crippen LogP contribution is 2.32. The maximum atomic E-state index is 13.3. The number of carbonyl (C=O) groups excluding carboxylic acids is 2. The molecule has 3 heterocycles. The maximum absolute atomic E-state index is 13.3. The van der Waals surface area contributed by atoms with Gasteiger partial charge in [-0.25, -0.2) is 24.1 Å². The van der Waals surface area contributed by atoms with Gasteiger partial charge >= 0.3 is 11.9 Å². The Balaban J connectivity index is 1.69. The van der Waals surface area contributed by atoms with Gasteiger partial charge in [-0.1, -0.05) is 43.3 Å². The minimum Gasteiger partial charge on any atom is -0.616 e. The number of hydrogen-bond acceptors (Lipinski definition) is 5. The van der Waals surface area contributed by atoms with Crippen molar-refractivity contribution >= 4 is 17.8 Å². The third-order valence-electron chi connectivity index (χ3n) is 5.15. The minimum atomic E-state index is -1.52. The van der Waals surface area contributed by atoms with Crippen LogP contribution in [0.3, 0.4) is 0 Å². The number of hydrogen-bond donors (Lipinski definition) is 1. The SMILES string of the molecule is CCC[N+]1([O-])C(=O)c2[nH]c(Cc3ccccn3)nc2N(CCc2ccccc2)C1=O. The number of urea groups is 1. The van der Waals surface area contributed by atoms with Gasteiger partial charge in [0, 0.05) is 24.9 Å². The van der Waals surface area contributed by atoms with Gasteiger partial charge in [0.05, 0.1) is 6.54 Å². The molecule has 8 heteroatoms. The highest BCUT2D eigenvalue weighted by Gasteiger charge is 2.49. The van der Waals surface area contributed by atoms with Crippen molar-refractivity contribution in [3.63, 3.8) is 0 Å². The average Bonchev–Trinajstić information content (AvgIpc) is 3.17. The van der Waals surface area contributed by atoms with Crippen molar-refractivity contribution in [1.29, 1.82) is 0 Å². The van der Waals surface area contributed by atoms with Crippen LogP contribution in [-0.4, -0.2) is 44.6 Å². The van der Waals surface area contributed by atoms with Crippen LogP contribution in [-0.2, 0) is 12.8 Å². The number of amides is 3. The van der Waals surface area contributed by atoms with Gasteiger partial charge < -0.3 is 10.2 Å². The Labute approximate surface area is 174 Å². The molecule has 0 spiro atoms. The molecule has 1 aromatic carbocycles. The molecule has 1 aliphatic rings. The van der Waals surface area contributed by atoms with Crippen molar-refractivity contribution in [2.24, 2.45) is 0 Å². The number of aromatic amines is 1. The fraction of sp³-hybridized carbons (Fsp3) is 0.273. The summed E-state index contributed by atoms with van der Waals surface area (Å²) in [6, 6.07) is 14.5. The number of anilines is 1. The van der Waals surface area contributed by atoms with E-state index in [1.54, 1.807) is 13.1 Å². The van der Waals surface area contributed by atoms with Crippen LogP contribution in [0.1, 0.15) is 40.9 Å². The number of quaternary nitrogens is 1. The summed E-state index contributed by atoms with van der Waals surface area (Å²) < 4.78 is -1.52. The van der Waals surface area contributed by atoms with Crippen molar-refractivity contribution in [3.05, 3.63) is 82.7 Å². The number of fused-ring (bicyclic) bond motifs is 1. The summed E-state index contributed by atoms with van der Waals surface area (Å²) in [6.45, 7) is 1.94. The summed E-state index contributed by atoms with van der Waals surface area (Å²) in [6.07, 6.45) is 3.01. The Morgan fingerprint density at radius 2 is 1.87 bits per heavy atom. The lowest BCUT2D eigenvalue weighted by Gasteiger charge is -2.42. The molecular weight excluding hydrogens is 382 g/mol. The number of aromatic nitrogens is 3. The molecule has 3 aromatic rings. The molecule has 2 aromatic heterocycles. The zero-order valence-corrected chi connectivity index (χ0v) is 16.7. The van der Waals surface area contributed by atoms with Gasteiger partial charge in [0.2, 0.25) is 0 Å². The number of hydroxylamine groups is 3. The van der Waals surface area contributed by atoms with Crippen LogP contribution in [0.5, 0.6) is 0 Å². The molecule has 1 aliphatic heterocycles. The van der Waals surface area contributed by atoms with E-state index in [9.17, 15) is 14.8 Å². The van der Waals surface area contributed by atoms with Crippen molar-refractivity contribution in [2.75, 3.05) is 18.0 Å².